The van der Waals surface area contributed by atoms with Crippen molar-refractivity contribution in [2.75, 3.05) is 59.1 Å². The number of nitrogens with zero attached hydrogens (tertiary/aromatic N) is 8. The van der Waals surface area contributed by atoms with Gasteiger partial charge in [0.25, 0.3) is 11.8 Å². The number of piperidine rings is 2. The maximum absolute atomic E-state index is 14.2. The number of nitrogen functional groups attached to an aromatic ring is 1. The van der Waals surface area contributed by atoms with Gasteiger partial charge in [0.15, 0.2) is 11.4 Å². The molecule has 0 unspecified atom stereocenters. The molecule has 2 aliphatic carbocycles. The minimum atomic E-state index is -0.739. The molecule has 460 valence electrons. The van der Waals surface area contributed by atoms with Crippen molar-refractivity contribution in [2.24, 2.45) is 23.3 Å². The smallest absolute Gasteiger partial charge is 0.306 e. The van der Waals surface area contributed by atoms with E-state index in [4.69, 9.17) is 45.5 Å². The number of anilines is 1. The molecule has 26 heteroatoms. The van der Waals surface area contributed by atoms with E-state index in [0.717, 1.165) is 83.1 Å². The number of benzene rings is 4. The predicted octanol–water partition coefficient (Wildman–Crippen LogP) is 5.55. The molecule has 9 N–H and O–H groups in total. The first-order valence-corrected chi connectivity index (χ1v) is 28.8. The first-order valence-electron chi connectivity index (χ1n) is 28.0. The first kappa shape index (κ1) is 65.5. The zero-order valence-electron chi connectivity index (χ0n) is 47.2. The maximum atomic E-state index is 14.2. The molecule has 0 atom stereocenters. The number of likely N-dealkylation sites (tertiary alicyclic amines) is 2. The van der Waals surface area contributed by atoms with Crippen LogP contribution in [0.4, 0.5) is 14.5 Å². The van der Waals surface area contributed by atoms with Crippen LogP contribution in [0.5, 0.6) is 0 Å². The van der Waals surface area contributed by atoms with Gasteiger partial charge in [-0.15, -0.1) is 0 Å². The summed E-state index contributed by atoms with van der Waals surface area (Å²) in [7, 11) is 4.07. The van der Waals surface area contributed by atoms with E-state index in [9.17, 15) is 47.1 Å². The Balaban J connectivity index is 0.000000213. The fourth-order valence-electron chi connectivity index (χ4n) is 10.3. The van der Waals surface area contributed by atoms with Crippen molar-refractivity contribution in [3.05, 3.63) is 123 Å². The lowest BCUT2D eigenvalue weighted by atomic mass is 9.89. The number of rotatable bonds is 20. The van der Waals surface area contributed by atoms with Crippen LogP contribution in [-0.4, -0.2) is 157 Å². The molecule has 0 radical (unpaired) electrons. The number of fused-ring (bicyclic) bond motifs is 2. The van der Waals surface area contributed by atoms with Crippen LogP contribution in [0.2, 0.25) is 10.0 Å². The minimum Gasteiger partial charge on any atom is -0.481 e. The molecule has 4 aromatic carbocycles. The zero-order valence-corrected chi connectivity index (χ0v) is 48.7. The number of nitrogens with two attached hydrogens (primary N) is 3. The summed E-state index contributed by atoms with van der Waals surface area (Å²) in [5, 5.41) is 23.3. The topological polar surface area (TPSA) is 308 Å². The van der Waals surface area contributed by atoms with Crippen molar-refractivity contribution in [3.63, 3.8) is 0 Å². The number of Topliss-reactive ketones (excluding diaryl/α,β-unsaturated/α-hetero) is 1. The van der Waals surface area contributed by atoms with Crippen LogP contribution in [0.3, 0.4) is 0 Å². The number of carbonyl (C=O) groups is 8. The van der Waals surface area contributed by atoms with Gasteiger partial charge in [0, 0.05) is 65.1 Å². The average molecular weight is 1230 g/mol. The van der Waals surface area contributed by atoms with Crippen molar-refractivity contribution < 1.29 is 52.2 Å². The highest BCUT2D eigenvalue weighted by Crippen LogP contribution is 2.30. The van der Waals surface area contributed by atoms with Crippen LogP contribution >= 0.6 is 23.2 Å². The second kappa shape index (κ2) is 29.4. The van der Waals surface area contributed by atoms with Crippen LogP contribution in [-0.2, 0) is 61.4 Å². The molecule has 2 aromatic heterocycles. The fraction of sp³-hybridized carbons (Fsp3) is 0.433. The van der Waals surface area contributed by atoms with E-state index in [1.807, 2.05) is 20.2 Å². The lowest BCUT2D eigenvalue weighted by Crippen LogP contribution is -2.43. The van der Waals surface area contributed by atoms with E-state index < -0.39 is 41.2 Å². The molecular formula is C60H73Cl2F2N13O9. The van der Waals surface area contributed by atoms with Gasteiger partial charge in [-0.05, 0) is 140 Å². The Bertz CT molecular complexity index is 3500. The Labute approximate surface area is 506 Å². The molecule has 4 fully saturated rings. The van der Waals surface area contributed by atoms with E-state index in [-0.39, 0.29) is 127 Å². The highest BCUT2D eigenvalue weighted by molar-refractivity contribution is 6.31. The number of hydrogen-bond acceptors (Lipinski definition) is 13. The lowest BCUT2D eigenvalue weighted by Gasteiger charge is -2.28. The molecule has 2 saturated carbocycles. The summed E-state index contributed by atoms with van der Waals surface area (Å²) in [6, 6.07) is 19.1. The van der Waals surface area contributed by atoms with Crippen LogP contribution in [0.15, 0.2) is 72.8 Å². The third-order valence-electron chi connectivity index (χ3n) is 15.5. The quantitative estimate of drug-likeness (QED) is 0.0511. The van der Waals surface area contributed by atoms with Crippen molar-refractivity contribution in [1.29, 1.82) is 0 Å². The van der Waals surface area contributed by atoms with Crippen LogP contribution in [0.1, 0.15) is 96.5 Å². The second-order valence-electron chi connectivity index (χ2n) is 22.0. The van der Waals surface area contributed by atoms with Gasteiger partial charge in [-0.3, -0.25) is 47.7 Å². The second-order valence-corrected chi connectivity index (χ2v) is 22.8. The summed E-state index contributed by atoms with van der Waals surface area (Å²) < 4.78 is 31.0. The van der Waals surface area contributed by atoms with Gasteiger partial charge in [0.2, 0.25) is 23.6 Å². The summed E-state index contributed by atoms with van der Waals surface area (Å²) in [6.07, 6.45) is 6.63. The third-order valence-corrected chi connectivity index (χ3v) is 16.1. The van der Waals surface area contributed by atoms with Crippen LogP contribution in [0, 0.1) is 23.5 Å². The molecule has 4 heterocycles. The predicted molar refractivity (Wildman–Crippen MR) is 320 cm³/mol. The summed E-state index contributed by atoms with van der Waals surface area (Å²) in [6.45, 7) is 2.76. The number of carbonyl (C=O) groups excluding carboxylic acids is 7. The SMILES string of the molecule is C.CN1CCC(C(=O)Cc2ccc3c(c2)c(C(N)=O)nn3CC(=O)N(CC(=O)NCc2cccc(Cl)c2F)C2CC2)CC1.CN1CCC(C(=O)O)CC1.NC(=O)c1nn(CC(=O)N(CC(=O)NCc2cccc(Cl)c2F)C2CC2)c2ccc(N)cc12. The molecule has 6 amide bonds. The van der Waals surface area contributed by atoms with Crippen molar-refractivity contribution in [2.45, 2.75) is 103 Å². The van der Waals surface area contributed by atoms with Crippen LogP contribution in [0.25, 0.3) is 21.8 Å². The summed E-state index contributed by atoms with van der Waals surface area (Å²) in [5.74, 6) is -4.73. The molecule has 4 aliphatic rings. The van der Waals surface area contributed by atoms with E-state index in [0.29, 0.717) is 27.5 Å². The normalized spacial score (nSPS) is 15.5. The van der Waals surface area contributed by atoms with E-state index >= 15 is 0 Å². The molecule has 2 aliphatic heterocycles. The molecule has 0 spiro atoms. The van der Waals surface area contributed by atoms with Crippen LogP contribution < -0.4 is 27.8 Å². The van der Waals surface area contributed by atoms with E-state index in [2.05, 4.69) is 30.6 Å². The number of aromatic nitrogens is 4. The Morgan fingerprint density at radius 2 is 1.03 bits per heavy atom. The molecule has 2 saturated heterocycles. The number of amides is 6. The van der Waals surface area contributed by atoms with Crippen molar-refractivity contribution in [1.82, 2.24) is 49.8 Å². The van der Waals surface area contributed by atoms with Gasteiger partial charge in [-0.1, -0.05) is 61.0 Å². The number of primary amides is 2. The number of hydrogen-bond donors (Lipinski definition) is 6. The van der Waals surface area contributed by atoms with E-state index in [1.54, 1.807) is 42.5 Å². The van der Waals surface area contributed by atoms with Crippen molar-refractivity contribution >= 4 is 97.9 Å². The molecule has 6 aromatic rings. The number of nitrogens with one attached hydrogen (secondary N) is 2. The number of halogens is 4. The van der Waals surface area contributed by atoms with Gasteiger partial charge in [0.05, 0.1) is 40.1 Å². The minimum absolute atomic E-state index is 0. The molecule has 22 nitrogen and oxygen atoms in total. The molecule has 0 bridgehead atoms. The average Bonchev–Trinajstić information content (AvgIpc) is 3.07. The van der Waals surface area contributed by atoms with Gasteiger partial charge in [-0.2, -0.15) is 10.2 Å². The Morgan fingerprint density at radius 1 is 0.616 bits per heavy atom. The summed E-state index contributed by atoms with van der Waals surface area (Å²) >= 11 is 11.6. The molecule has 10 rings (SSSR count). The number of ketones is 1. The number of carboxylic acids is 1. The maximum Gasteiger partial charge on any atom is 0.306 e. The standard InChI is InChI=1S/C30H34ClFN6O4.C22H22ClFN6O3.C7H13NO2.CH4/c1-36-11-9-19(10-12-36)25(39)14-18-5-8-24-22(13-18)29(30(33)42)35-38(24)17-27(41)37(21-6-7-21)16-26(40)34-15-20-3-2-4-23(31)28(20)32;23-16-3-1-2-12(20(16)24)9-27-18(31)10-29(14-5-6-14)19(32)11-30-17-7-4-13(25)8-15(17)21(28-30)22(26)33;1-8-4-2-6(3-5-8)7(9)10;/h2-5,8,13,19,21H,6-7,9-12,14-17H2,1H3,(H2,33,42)(H,34,40);1-4,7-8,14H,5-6,9-11,25H2,(H2,26,33)(H,27,31);6H,2-5H2,1H3,(H,9,10);1H4. The Hall–Kier alpha value is -8.06. The zero-order chi connectivity index (χ0) is 61.2. The Morgan fingerprint density at radius 3 is 1.45 bits per heavy atom. The van der Waals surface area contributed by atoms with E-state index in [1.165, 1.54) is 43.4 Å². The molecule has 86 heavy (non-hydrogen) atoms. The molecular weight excluding hydrogens is 1160 g/mol. The summed E-state index contributed by atoms with van der Waals surface area (Å²) in [5.41, 5.74) is 19.6. The number of aliphatic carboxylic acids is 1. The van der Waals surface area contributed by atoms with Gasteiger partial charge < -0.3 is 52.5 Å². The highest BCUT2D eigenvalue weighted by atomic mass is 35.5. The first-order chi connectivity index (χ1) is 40.5. The van der Waals surface area contributed by atoms with Crippen molar-refractivity contribution in [3.8, 4) is 0 Å². The fourth-order valence-corrected chi connectivity index (χ4v) is 10.7. The van der Waals surface area contributed by atoms with Gasteiger partial charge in [0.1, 0.15) is 30.5 Å². The largest absolute Gasteiger partial charge is 0.481 e. The lowest BCUT2D eigenvalue weighted by molar-refractivity contribution is -0.143. The highest BCUT2D eigenvalue weighted by Gasteiger charge is 2.36. The van der Waals surface area contributed by atoms with Gasteiger partial charge >= 0.3 is 5.97 Å². The number of carboxylic acid groups (broad SMARTS) is 1. The third kappa shape index (κ3) is 17.1. The Kier molecular flexibility index (Phi) is 22.4. The summed E-state index contributed by atoms with van der Waals surface area (Å²) in [4.78, 5) is 106. The van der Waals surface area contributed by atoms with Gasteiger partial charge in [-0.25, -0.2) is 8.78 Å². The monoisotopic (exact) mass is 1230 g/mol.